The number of anilines is 2. The van der Waals surface area contributed by atoms with E-state index in [2.05, 4.69) is 14.8 Å². The van der Waals surface area contributed by atoms with Crippen molar-refractivity contribution in [1.82, 2.24) is 9.88 Å². The van der Waals surface area contributed by atoms with Crippen molar-refractivity contribution in [3.05, 3.63) is 54.0 Å². The highest BCUT2D eigenvalue weighted by atomic mass is 19.1. The molecule has 27 heavy (non-hydrogen) atoms. The molecule has 0 unspecified atom stereocenters. The minimum atomic E-state index is -0.236. The van der Waals surface area contributed by atoms with Gasteiger partial charge in [-0.1, -0.05) is 0 Å². The fourth-order valence-corrected chi connectivity index (χ4v) is 3.49. The lowest BCUT2D eigenvalue weighted by Crippen LogP contribution is -2.48. The molecule has 1 aromatic carbocycles. The van der Waals surface area contributed by atoms with E-state index in [1.165, 1.54) is 12.1 Å². The second-order valence-electron chi connectivity index (χ2n) is 6.76. The van der Waals surface area contributed by atoms with Gasteiger partial charge in [-0.05, 0) is 36.4 Å². The van der Waals surface area contributed by atoms with Gasteiger partial charge in [0.2, 0.25) is 0 Å². The van der Waals surface area contributed by atoms with Crippen LogP contribution in [-0.4, -0.2) is 68.3 Å². The van der Waals surface area contributed by atoms with Crippen LogP contribution >= 0.6 is 0 Å². The van der Waals surface area contributed by atoms with Gasteiger partial charge < -0.3 is 19.4 Å². The molecule has 0 radical (unpaired) electrons. The minimum Gasteiger partial charge on any atom is -0.378 e. The van der Waals surface area contributed by atoms with Gasteiger partial charge in [-0.2, -0.15) is 0 Å². The summed E-state index contributed by atoms with van der Waals surface area (Å²) in [5.41, 5.74) is 1.60. The summed E-state index contributed by atoms with van der Waals surface area (Å²) in [6.45, 7) is 5.81. The van der Waals surface area contributed by atoms with E-state index in [0.717, 1.165) is 37.7 Å². The third-order valence-electron chi connectivity index (χ3n) is 5.09. The molecule has 0 N–H and O–H groups in total. The van der Waals surface area contributed by atoms with Crippen molar-refractivity contribution in [2.75, 3.05) is 62.3 Å². The average Bonchev–Trinajstić information content (AvgIpc) is 2.75. The zero-order chi connectivity index (χ0) is 18.6. The standard InChI is InChI=1S/C20H23FN4O2/c21-17-2-4-18(5-3-17)23-7-9-25(10-8-23)20(26)16-1-6-19(22-15-16)24-11-13-27-14-12-24/h1-6,15H,7-14H2. The van der Waals surface area contributed by atoms with Crippen molar-refractivity contribution in [3.63, 3.8) is 0 Å². The van der Waals surface area contributed by atoms with Crippen LogP contribution in [0.4, 0.5) is 15.9 Å². The molecule has 2 aliphatic rings. The zero-order valence-corrected chi connectivity index (χ0v) is 15.2. The summed E-state index contributed by atoms with van der Waals surface area (Å²) in [5.74, 6) is 0.659. The maximum absolute atomic E-state index is 13.1. The van der Waals surface area contributed by atoms with E-state index in [-0.39, 0.29) is 11.7 Å². The van der Waals surface area contributed by atoms with Gasteiger partial charge >= 0.3 is 0 Å². The Morgan fingerprint density at radius 3 is 2.22 bits per heavy atom. The Labute approximate surface area is 158 Å². The van der Waals surface area contributed by atoms with Crippen LogP contribution in [-0.2, 0) is 4.74 Å². The molecule has 2 saturated heterocycles. The topological polar surface area (TPSA) is 48.9 Å². The van der Waals surface area contributed by atoms with Gasteiger partial charge in [0, 0.05) is 51.2 Å². The molecule has 142 valence electrons. The smallest absolute Gasteiger partial charge is 0.255 e. The molecule has 0 saturated carbocycles. The summed E-state index contributed by atoms with van der Waals surface area (Å²) in [6, 6.07) is 10.3. The number of nitrogens with zero attached hydrogens (tertiary/aromatic N) is 4. The number of aromatic nitrogens is 1. The van der Waals surface area contributed by atoms with Crippen LogP contribution in [0.3, 0.4) is 0 Å². The van der Waals surface area contributed by atoms with E-state index in [1.54, 1.807) is 18.3 Å². The summed E-state index contributed by atoms with van der Waals surface area (Å²) in [7, 11) is 0. The first kappa shape index (κ1) is 17.7. The second-order valence-corrected chi connectivity index (χ2v) is 6.76. The molecule has 4 rings (SSSR count). The lowest BCUT2D eigenvalue weighted by atomic mass is 10.2. The van der Waals surface area contributed by atoms with E-state index in [9.17, 15) is 9.18 Å². The first-order valence-electron chi connectivity index (χ1n) is 9.29. The lowest BCUT2D eigenvalue weighted by molar-refractivity contribution is 0.0746. The van der Waals surface area contributed by atoms with Crippen LogP contribution < -0.4 is 9.80 Å². The molecule has 1 amide bonds. The monoisotopic (exact) mass is 370 g/mol. The van der Waals surface area contributed by atoms with Crippen LogP contribution in [0.25, 0.3) is 0 Å². The number of ether oxygens (including phenoxy) is 1. The van der Waals surface area contributed by atoms with Gasteiger partial charge in [0.05, 0.1) is 18.8 Å². The summed E-state index contributed by atoms with van der Waals surface area (Å²) in [6.07, 6.45) is 1.67. The van der Waals surface area contributed by atoms with Crippen molar-refractivity contribution in [2.45, 2.75) is 0 Å². The molecule has 3 heterocycles. The van der Waals surface area contributed by atoms with Crippen molar-refractivity contribution in [2.24, 2.45) is 0 Å². The Bertz CT molecular complexity index is 768. The van der Waals surface area contributed by atoms with Crippen LogP contribution in [0, 0.1) is 5.82 Å². The maximum atomic E-state index is 13.1. The minimum absolute atomic E-state index is 0.00906. The molecule has 0 atom stereocenters. The highest BCUT2D eigenvalue weighted by Crippen LogP contribution is 2.19. The molecule has 0 bridgehead atoms. The van der Waals surface area contributed by atoms with Crippen molar-refractivity contribution < 1.29 is 13.9 Å². The molecule has 1 aromatic heterocycles. The van der Waals surface area contributed by atoms with E-state index >= 15 is 0 Å². The Morgan fingerprint density at radius 2 is 1.59 bits per heavy atom. The summed E-state index contributed by atoms with van der Waals surface area (Å²) >= 11 is 0. The molecule has 7 heteroatoms. The van der Waals surface area contributed by atoms with Gasteiger partial charge in [-0.3, -0.25) is 4.79 Å². The van der Waals surface area contributed by atoms with Gasteiger partial charge in [0.25, 0.3) is 5.91 Å². The summed E-state index contributed by atoms with van der Waals surface area (Å²) in [4.78, 5) is 23.4. The van der Waals surface area contributed by atoms with Gasteiger partial charge in [0.1, 0.15) is 11.6 Å². The number of benzene rings is 1. The number of hydrogen-bond acceptors (Lipinski definition) is 5. The highest BCUT2D eigenvalue weighted by Gasteiger charge is 2.23. The fraction of sp³-hybridized carbons (Fsp3) is 0.400. The summed E-state index contributed by atoms with van der Waals surface area (Å²) < 4.78 is 18.4. The van der Waals surface area contributed by atoms with Crippen LogP contribution in [0.15, 0.2) is 42.6 Å². The van der Waals surface area contributed by atoms with Crippen molar-refractivity contribution in [3.8, 4) is 0 Å². The van der Waals surface area contributed by atoms with E-state index in [1.807, 2.05) is 17.0 Å². The highest BCUT2D eigenvalue weighted by molar-refractivity contribution is 5.94. The number of hydrogen-bond donors (Lipinski definition) is 0. The number of halogens is 1. The van der Waals surface area contributed by atoms with Gasteiger partial charge in [0.15, 0.2) is 0 Å². The molecule has 6 nitrogen and oxygen atoms in total. The number of amides is 1. The number of piperazine rings is 1. The van der Waals surface area contributed by atoms with Gasteiger partial charge in [-0.25, -0.2) is 9.37 Å². The second kappa shape index (κ2) is 7.92. The molecule has 2 aromatic rings. The summed E-state index contributed by atoms with van der Waals surface area (Å²) in [5, 5.41) is 0. The molecular weight excluding hydrogens is 347 g/mol. The van der Waals surface area contributed by atoms with Crippen LogP contribution in [0.2, 0.25) is 0 Å². The Balaban J connectivity index is 1.35. The molecule has 0 spiro atoms. The third kappa shape index (κ3) is 4.03. The Kier molecular flexibility index (Phi) is 5.20. The lowest BCUT2D eigenvalue weighted by Gasteiger charge is -2.36. The first-order chi connectivity index (χ1) is 13.2. The van der Waals surface area contributed by atoms with Crippen LogP contribution in [0.5, 0.6) is 0 Å². The number of carbonyl (C=O) groups is 1. The normalized spacial score (nSPS) is 17.9. The zero-order valence-electron chi connectivity index (χ0n) is 15.2. The number of carbonyl (C=O) groups excluding carboxylic acids is 1. The molecule has 0 aliphatic carbocycles. The predicted molar refractivity (Wildman–Crippen MR) is 102 cm³/mol. The third-order valence-corrected chi connectivity index (χ3v) is 5.09. The van der Waals surface area contributed by atoms with E-state index in [4.69, 9.17) is 4.74 Å². The Morgan fingerprint density at radius 1 is 0.889 bits per heavy atom. The number of rotatable bonds is 3. The van der Waals surface area contributed by atoms with E-state index < -0.39 is 0 Å². The predicted octanol–water partition coefficient (Wildman–Crippen LogP) is 2.02. The molecule has 2 fully saturated rings. The van der Waals surface area contributed by atoms with Crippen LogP contribution in [0.1, 0.15) is 10.4 Å². The molecular formula is C20H23FN4O2. The first-order valence-corrected chi connectivity index (χ1v) is 9.29. The number of morpholine rings is 1. The van der Waals surface area contributed by atoms with E-state index in [0.29, 0.717) is 31.9 Å². The molecule has 2 aliphatic heterocycles. The Hall–Kier alpha value is -2.67. The fourth-order valence-electron chi connectivity index (χ4n) is 3.49. The quantitative estimate of drug-likeness (QED) is 0.827. The van der Waals surface area contributed by atoms with Gasteiger partial charge in [-0.15, -0.1) is 0 Å². The van der Waals surface area contributed by atoms with Crippen molar-refractivity contribution in [1.29, 1.82) is 0 Å². The number of pyridine rings is 1. The maximum Gasteiger partial charge on any atom is 0.255 e. The SMILES string of the molecule is O=C(c1ccc(N2CCOCC2)nc1)N1CCN(c2ccc(F)cc2)CC1. The van der Waals surface area contributed by atoms with Crippen molar-refractivity contribution >= 4 is 17.4 Å². The largest absolute Gasteiger partial charge is 0.378 e. The average molecular weight is 370 g/mol.